The number of fused-ring (bicyclic) bond motifs is 5. The highest BCUT2D eigenvalue weighted by Gasteiger charge is 2.59. The van der Waals surface area contributed by atoms with E-state index < -0.39 is 0 Å². The third-order valence-electron chi connectivity index (χ3n) is 7.63. The maximum Gasteiger partial charge on any atom is 0.119 e. The number of hydrogen-bond donors (Lipinski definition) is 1. The van der Waals surface area contributed by atoms with E-state index in [0.29, 0.717) is 17.3 Å². The number of hydrogen-bond acceptors (Lipinski definition) is 2. The van der Waals surface area contributed by atoms with E-state index in [1.54, 1.807) is 7.11 Å². The minimum absolute atomic E-state index is 0.0132. The monoisotopic (exact) mass is 299 g/mol. The molecule has 5 atom stereocenters. The number of nitrogens with two attached hydrogens (primary N) is 1. The quantitative estimate of drug-likeness (QED) is 0.840. The predicted molar refractivity (Wildman–Crippen MR) is 90.2 cm³/mol. The molecular weight excluding hydrogens is 270 g/mol. The van der Waals surface area contributed by atoms with Gasteiger partial charge in [-0.2, -0.15) is 0 Å². The second kappa shape index (κ2) is 4.74. The van der Waals surface area contributed by atoms with Gasteiger partial charge in [0.1, 0.15) is 5.75 Å². The van der Waals surface area contributed by atoms with Crippen molar-refractivity contribution in [3.63, 3.8) is 0 Å². The van der Waals surface area contributed by atoms with Crippen molar-refractivity contribution >= 4 is 0 Å². The molecule has 0 bridgehead atoms. The molecule has 0 spiro atoms. The first-order valence-corrected chi connectivity index (χ1v) is 8.95. The molecular formula is C20H29NO. The molecule has 2 saturated carbocycles. The van der Waals surface area contributed by atoms with E-state index in [9.17, 15) is 0 Å². The van der Waals surface area contributed by atoms with Crippen LogP contribution in [0.25, 0.3) is 0 Å². The highest BCUT2D eigenvalue weighted by atomic mass is 16.5. The standard InChI is InChI=1S/C20H29NO/c1-13-4-7-18-19(13,2)10-9-17-16-6-5-15(22-3)12-14(16)8-11-20(17,18)21/h5-6,12-13,17-18H,4,7-11,21H2,1-3H3/t13?,17?,18?,19-,20+/m0/s1. The topological polar surface area (TPSA) is 35.2 Å². The SMILES string of the molecule is COc1ccc2c(c1)CC[C@@]1(N)C2CC[C@@]2(C)C(C)CCC21. The van der Waals surface area contributed by atoms with Gasteiger partial charge in [-0.3, -0.25) is 0 Å². The van der Waals surface area contributed by atoms with Gasteiger partial charge in [0.15, 0.2) is 0 Å². The summed E-state index contributed by atoms with van der Waals surface area (Å²) >= 11 is 0. The minimum Gasteiger partial charge on any atom is -0.497 e. The van der Waals surface area contributed by atoms with Crippen molar-refractivity contribution in [2.75, 3.05) is 7.11 Å². The van der Waals surface area contributed by atoms with Crippen LogP contribution in [0.2, 0.25) is 0 Å². The first-order valence-electron chi connectivity index (χ1n) is 8.95. The van der Waals surface area contributed by atoms with Crippen LogP contribution in [-0.4, -0.2) is 12.6 Å². The second-order valence-electron chi connectivity index (χ2n) is 8.31. The molecule has 2 fully saturated rings. The first-order chi connectivity index (χ1) is 10.5. The number of benzene rings is 1. The van der Waals surface area contributed by atoms with Crippen molar-refractivity contribution in [3.05, 3.63) is 29.3 Å². The Kier molecular flexibility index (Phi) is 3.14. The summed E-state index contributed by atoms with van der Waals surface area (Å²) in [6.45, 7) is 4.97. The molecule has 3 aliphatic rings. The van der Waals surface area contributed by atoms with Crippen molar-refractivity contribution in [2.45, 2.75) is 63.8 Å². The van der Waals surface area contributed by atoms with Gasteiger partial charge in [0.25, 0.3) is 0 Å². The Morgan fingerprint density at radius 1 is 1.18 bits per heavy atom. The van der Waals surface area contributed by atoms with Gasteiger partial charge in [0.05, 0.1) is 7.11 Å². The number of rotatable bonds is 1. The van der Waals surface area contributed by atoms with Gasteiger partial charge in [-0.05, 0) is 79.0 Å². The van der Waals surface area contributed by atoms with Crippen LogP contribution in [0.3, 0.4) is 0 Å². The molecule has 0 amide bonds. The molecule has 120 valence electrons. The van der Waals surface area contributed by atoms with Crippen LogP contribution >= 0.6 is 0 Å². The molecule has 0 aliphatic heterocycles. The molecule has 2 heteroatoms. The van der Waals surface area contributed by atoms with Crippen LogP contribution in [0.1, 0.15) is 63.0 Å². The normalized spacial score (nSPS) is 43.2. The summed E-state index contributed by atoms with van der Waals surface area (Å²) in [6, 6.07) is 6.65. The molecule has 3 aliphatic carbocycles. The van der Waals surface area contributed by atoms with E-state index in [0.717, 1.165) is 24.5 Å². The average Bonchev–Trinajstić information content (AvgIpc) is 2.83. The van der Waals surface area contributed by atoms with Crippen molar-refractivity contribution in [1.29, 1.82) is 0 Å². The van der Waals surface area contributed by atoms with E-state index in [-0.39, 0.29) is 5.54 Å². The molecule has 4 rings (SSSR count). The fourth-order valence-corrected chi connectivity index (χ4v) is 6.10. The largest absolute Gasteiger partial charge is 0.497 e. The van der Waals surface area contributed by atoms with Crippen LogP contribution < -0.4 is 10.5 Å². The average molecular weight is 299 g/mol. The summed E-state index contributed by atoms with van der Waals surface area (Å²) in [5.74, 6) is 3.06. The van der Waals surface area contributed by atoms with E-state index in [1.165, 1.54) is 36.8 Å². The summed E-state index contributed by atoms with van der Waals surface area (Å²) in [6.07, 6.45) is 7.55. The van der Waals surface area contributed by atoms with Crippen molar-refractivity contribution < 1.29 is 4.74 Å². The van der Waals surface area contributed by atoms with E-state index in [1.807, 2.05) is 0 Å². The first kappa shape index (κ1) is 14.6. The van der Waals surface area contributed by atoms with Crippen LogP contribution in [0, 0.1) is 17.3 Å². The third kappa shape index (κ3) is 1.76. The third-order valence-corrected chi connectivity index (χ3v) is 7.63. The van der Waals surface area contributed by atoms with Crippen LogP contribution in [-0.2, 0) is 6.42 Å². The Hall–Kier alpha value is -1.02. The Morgan fingerprint density at radius 3 is 2.77 bits per heavy atom. The zero-order chi connectivity index (χ0) is 15.5. The molecule has 0 heterocycles. The molecule has 0 radical (unpaired) electrons. The highest BCUT2D eigenvalue weighted by Crippen LogP contribution is 2.63. The van der Waals surface area contributed by atoms with Gasteiger partial charge in [-0.1, -0.05) is 19.9 Å². The Balaban J connectivity index is 1.75. The smallest absolute Gasteiger partial charge is 0.119 e. The van der Waals surface area contributed by atoms with Crippen molar-refractivity contribution in [2.24, 2.45) is 23.0 Å². The lowest BCUT2D eigenvalue weighted by Crippen LogP contribution is -2.60. The molecule has 0 aromatic heterocycles. The molecule has 0 saturated heterocycles. The summed E-state index contributed by atoms with van der Waals surface area (Å²) in [5, 5.41) is 0. The lowest BCUT2D eigenvalue weighted by Gasteiger charge is -2.57. The molecule has 2 nitrogen and oxygen atoms in total. The van der Waals surface area contributed by atoms with E-state index in [2.05, 4.69) is 32.0 Å². The maximum atomic E-state index is 7.15. The van der Waals surface area contributed by atoms with Gasteiger partial charge < -0.3 is 10.5 Å². The van der Waals surface area contributed by atoms with Gasteiger partial charge in [-0.15, -0.1) is 0 Å². The molecule has 1 aromatic carbocycles. The Morgan fingerprint density at radius 2 is 2.00 bits per heavy atom. The summed E-state index contributed by atoms with van der Waals surface area (Å²) in [5.41, 5.74) is 10.6. The summed E-state index contributed by atoms with van der Waals surface area (Å²) in [7, 11) is 1.75. The number of ether oxygens (including phenoxy) is 1. The van der Waals surface area contributed by atoms with Crippen molar-refractivity contribution in [1.82, 2.24) is 0 Å². The summed E-state index contributed by atoms with van der Waals surface area (Å²) in [4.78, 5) is 0. The number of methoxy groups -OCH3 is 1. The van der Waals surface area contributed by atoms with Gasteiger partial charge in [-0.25, -0.2) is 0 Å². The fourth-order valence-electron chi connectivity index (χ4n) is 6.10. The zero-order valence-corrected chi connectivity index (χ0v) is 14.2. The molecule has 1 aromatic rings. The van der Waals surface area contributed by atoms with Gasteiger partial charge >= 0.3 is 0 Å². The Labute approximate surface area is 134 Å². The zero-order valence-electron chi connectivity index (χ0n) is 14.2. The van der Waals surface area contributed by atoms with Gasteiger partial charge in [0.2, 0.25) is 0 Å². The Bertz CT molecular complexity index is 597. The molecule has 22 heavy (non-hydrogen) atoms. The van der Waals surface area contributed by atoms with Crippen LogP contribution in [0.5, 0.6) is 5.75 Å². The fraction of sp³-hybridized carbons (Fsp3) is 0.700. The van der Waals surface area contributed by atoms with E-state index in [4.69, 9.17) is 10.5 Å². The lowest BCUT2D eigenvalue weighted by atomic mass is 9.51. The van der Waals surface area contributed by atoms with Crippen molar-refractivity contribution in [3.8, 4) is 5.75 Å². The van der Waals surface area contributed by atoms with Gasteiger partial charge in [0, 0.05) is 11.5 Å². The maximum absolute atomic E-state index is 7.15. The molecule has 3 unspecified atom stereocenters. The molecule has 2 N–H and O–H groups in total. The van der Waals surface area contributed by atoms with Crippen LogP contribution in [0.4, 0.5) is 0 Å². The summed E-state index contributed by atoms with van der Waals surface area (Å²) < 4.78 is 5.41. The van der Waals surface area contributed by atoms with E-state index >= 15 is 0 Å². The minimum atomic E-state index is 0.0132. The highest BCUT2D eigenvalue weighted by molar-refractivity contribution is 5.43. The lowest BCUT2D eigenvalue weighted by molar-refractivity contribution is 0.0118. The predicted octanol–water partition coefficient (Wildman–Crippen LogP) is 4.27. The second-order valence-corrected chi connectivity index (χ2v) is 8.31. The van der Waals surface area contributed by atoms with Crippen LogP contribution in [0.15, 0.2) is 18.2 Å². The number of aryl methyl sites for hydroxylation is 1.